The van der Waals surface area contributed by atoms with Gasteiger partial charge in [0.05, 0.1) is 0 Å². The maximum atomic E-state index is 2.49. The quantitative estimate of drug-likeness (QED) is 0.381. The molecule has 0 nitrogen and oxygen atoms in total. The Morgan fingerprint density at radius 2 is 1.16 bits per heavy atom. The van der Waals surface area contributed by atoms with Crippen LogP contribution < -0.4 is 0 Å². The first-order chi connectivity index (χ1) is 8.99. The van der Waals surface area contributed by atoms with Crippen LogP contribution in [0, 0.1) is 29.6 Å². The van der Waals surface area contributed by atoms with E-state index in [1.807, 2.05) is 0 Å². The minimum atomic E-state index is 0.903. The predicted octanol–water partition coefficient (Wildman–Crippen LogP) is 6.94. The molecule has 0 heteroatoms. The molecular formula is C19H40. The van der Waals surface area contributed by atoms with E-state index in [0.717, 1.165) is 29.6 Å². The first-order valence-electron chi connectivity index (χ1n) is 8.99. The Labute approximate surface area is 123 Å². The van der Waals surface area contributed by atoms with Crippen molar-refractivity contribution in [2.75, 3.05) is 0 Å². The Bertz CT molecular complexity index is 192. The number of rotatable bonds is 11. The van der Waals surface area contributed by atoms with Gasteiger partial charge in [0.1, 0.15) is 0 Å². The molecule has 4 atom stereocenters. The lowest BCUT2D eigenvalue weighted by atomic mass is 9.77. The molecule has 19 heavy (non-hydrogen) atoms. The smallest absolute Gasteiger partial charge is 0.0389 e. The fraction of sp³-hybridized carbons (Fsp3) is 1.00. The van der Waals surface area contributed by atoms with E-state index >= 15 is 0 Å². The zero-order chi connectivity index (χ0) is 14.8. The molecule has 0 saturated heterocycles. The molecule has 0 radical (unpaired) electrons. The predicted molar refractivity (Wildman–Crippen MR) is 89.5 cm³/mol. The van der Waals surface area contributed by atoms with Gasteiger partial charge in [-0.2, -0.15) is 0 Å². The SMILES string of the molecule is CCCC(C)C(CC)CC(C)CC(C)C(CC)CC. The fourth-order valence-corrected chi connectivity index (χ4v) is 4.03. The fourth-order valence-electron chi connectivity index (χ4n) is 4.03. The molecule has 0 N–H and O–H groups in total. The molecule has 0 amide bonds. The average molecular weight is 269 g/mol. The summed E-state index contributed by atoms with van der Waals surface area (Å²) in [7, 11) is 0. The highest BCUT2D eigenvalue weighted by atomic mass is 14.3. The molecule has 0 saturated carbocycles. The molecule has 0 heterocycles. The third kappa shape index (κ3) is 7.37. The summed E-state index contributed by atoms with van der Waals surface area (Å²) in [5, 5.41) is 0. The van der Waals surface area contributed by atoms with Gasteiger partial charge in [-0.1, -0.05) is 80.6 Å². The summed E-state index contributed by atoms with van der Waals surface area (Å²) < 4.78 is 0. The van der Waals surface area contributed by atoms with Gasteiger partial charge in [0.25, 0.3) is 0 Å². The lowest BCUT2D eigenvalue weighted by Crippen LogP contribution is -2.18. The van der Waals surface area contributed by atoms with Crippen molar-refractivity contribution in [1.82, 2.24) is 0 Å². The second-order valence-corrected chi connectivity index (χ2v) is 7.06. The van der Waals surface area contributed by atoms with Gasteiger partial charge in [-0.05, 0) is 42.4 Å². The topological polar surface area (TPSA) is 0 Å². The highest BCUT2D eigenvalue weighted by molar-refractivity contribution is 4.72. The highest BCUT2D eigenvalue weighted by Crippen LogP contribution is 2.32. The maximum Gasteiger partial charge on any atom is -0.0389 e. The summed E-state index contributed by atoms with van der Waals surface area (Å²) in [6, 6.07) is 0. The summed E-state index contributed by atoms with van der Waals surface area (Å²) in [5.74, 6) is 4.61. The van der Waals surface area contributed by atoms with Crippen molar-refractivity contribution < 1.29 is 0 Å². The van der Waals surface area contributed by atoms with E-state index in [0.29, 0.717) is 0 Å². The van der Waals surface area contributed by atoms with Crippen LogP contribution in [-0.4, -0.2) is 0 Å². The molecule has 0 spiro atoms. The lowest BCUT2D eigenvalue weighted by Gasteiger charge is -2.29. The first kappa shape index (κ1) is 19.0. The molecule has 0 aromatic heterocycles. The minimum absolute atomic E-state index is 0.903. The summed E-state index contributed by atoms with van der Waals surface area (Å²) in [4.78, 5) is 0. The van der Waals surface area contributed by atoms with Crippen LogP contribution in [0.3, 0.4) is 0 Å². The zero-order valence-electron chi connectivity index (χ0n) is 14.8. The van der Waals surface area contributed by atoms with E-state index in [2.05, 4.69) is 48.5 Å². The molecule has 0 rings (SSSR count). The summed E-state index contributed by atoms with van der Waals surface area (Å²) >= 11 is 0. The van der Waals surface area contributed by atoms with Crippen molar-refractivity contribution in [1.29, 1.82) is 0 Å². The van der Waals surface area contributed by atoms with Gasteiger partial charge >= 0.3 is 0 Å². The number of hydrogen-bond acceptors (Lipinski definition) is 0. The van der Waals surface area contributed by atoms with Crippen LogP contribution in [0.15, 0.2) is 0 Å². The van der Waals surface area contributed by atoms with Crippen molar-refractivity contribution >= 4 is 0 Å². The average Bonchev–Trinajstić information content (AvgIpc) is 2.37. The Kier molecular flexibility index (Phi) is 10.7. The molecule has 0 bridgehead atoms. The first-order valence-corrected chi connectivity index (χ1v) is 8.99. The van der Waals surface area contributed by atoms with Crippen LogP contribution in [0.5, 0.6) is 0 Å². The standard InChI is InChI=1S/C19H40/c1-8-12-16(6)19(11-4)14-15(5)13-17(7)18(9-2)10-3/h15-19H,8-14H2,1-7H3. The second-order valence-electron chi connectivity index (χ2n) is 7.06. The third-order valence-corrected chi connectivity index (χ3v) is 5.41. The zero-order valence-corrected chi connectivity index (χ0v) is 14.8. The van der Waals surface area contributed by atoms with E-state index in [9.17, 15) is 0 Å². The van der Waals surface area contributed by atoms with Crippen molar-refractivity contribution in [3.05, 3.63) is 0 Å². The van der Waals surface area contributed by atoms with E-state index in [4.69, 9.17) is 0 Å². The maximum absolute atomic E-state index is 2.49. The molecular weight excluding hydrogens is 228 g/mol. The largest absolute Gasteiger partial charge is 0.0654 e. The second kappa shape index (κ2) is 10.7. The monoisotopic (exact) mass is 268 g/mol. The van der Waals surface area contributed by atoms with Gasteiger partial charge in [0, 0.05) is 0 Å². The van der Waals surface area contributed by atoms with E-state index in [1.165, 1.54) is 44.9 Å². The molecule has 0 aliphatic rings. The van der Waals surface area contributed by atoms with Crippen molar-refractivity contribution in [2.45, 2.75) is 93.4 Å². The van der Waals surface area contributed by atoms with Crippen LogP contribution in [0.2, 0.25) is 0 Å². The Morgan fingerprint density at radius 3 is 1.58 bits per heavy atom. The van der Waals surface area contributed by atoms with Crippen LogP contribution in [-0.2, 0) is 0 Å². The Hall–Kier alpha value is 0. The van der Waals surface area contributed by atoms with Crippen molar-refractivity contribution in [3.63, 3.8) is 0 Å². The van der Waals surface area contributed by atoms with Gasteiger partial charge in [-0.3, -0.25) is 0 Å². The van der Waals surface area contributed by atoms with Crippen LogP contribution in [0.25, 0.3) is 0 Å². The van der Waals surface area contributed by atoms with Gasteiger partial charge in [-0.25, -0.2) is 0 Å². The Balaban J connectivity index is 4.22. The third-order valence-electron chi connectivity index (χ3n) is 5.41. The molecule has 0 aromatic carbocycles. The van der Waals surface area contributed by atoms with Gasteiger partial charge in [-0.15, -0.1) is 0 Å². The molecule has 4 unspecified atom stereocenters. The van der Waals surface area contributed by atoms with Crippen LogP contribution in [0.4, 0.5) is 0 Å². The normalized spacial score (nSPS) is 18.3. The molecule has 0 fully saturated rings. The summed E-state index contributed by atoms with van der Waals surface area (Å²) in [5.41, 5.74) is 0. The van der Waals surface area contributed by atoms with Crippen molar-refractivity contribution in [2.24, 2.45) is 29.6 Å². The van der Waals surface area contributed by atoms with E-state index < -0.39 is 0 Å². The van der Waals surface area contributed by atoms with Crippen molar-refractivity contribution in [3.8, 4) is 0 Å². The van der Waals surface area contributed by atoms with Gasteiger partial charge in [0.15, 0.2) is 0 Å². The van der Waals surface area contributed by atoms with E-state index in [1.54, 1.807) is 0 Å². The highest BCUT2D eigenvalue weighted by Gasteiger charge is 2.21. The summed E-state index contributed by atoms with van der Waals surface area (Å²) in [6.07, 6.45) is 9.71. The molecule has 116 valence electrons. The molecule has 0 aliphatic heterocycles. The Morgan fingerprint density at radius 1 is 0.632 bits per heavy atom. The van der Waals surface area contributed by atoms with Crippen LogP contribution >= 0.6 is 0 Å². The van der Waals surface area contributed by atoms with E-state index in [-0.39, 0.29) is 0 Å². The minimum Gasteiger partial charge on any atom is -0.0654 e. The lowest BCUT2D eigenvalue weighted by molar-refractivity contribution is 0.221. The molecule has 0 aliphatic carbocycles. The summed E-state index contributed by atoms with van der Waals surface area (Å²) in [6.45, 7) is 16.8. The number of hydrogen-bond donors (Lipinski definition) is 0. The van der Waals surface area contributed by atoms with Crippen LogP contribution in [0.1, 0.15) is 93.4 Å². The van der Waals surface area contributed by atoms with Gasteiger partial charge < -0.3 is 0 Å². The van der Waals surface area contributed by atoms with Gasteiger partial charge in [0.2, 0.25) is 0 Å². The molecule has 0 aromatic rings.